The highest BCUT2D eigenvalue weighted by Crippen LogP contribution is 2.33. The number of hydrogen-bond acceptors (Lipinski definition) is 3. The molecule has 2 unspecified atom stereocenters. The first kappa shape index (κ1) is 20.6. The first-order valence-corrected chi connectivity index (χ1v) is 9.64. The normalized spacial score (nSPS) is 26.2. The van der Waals surface area contributed by atoms with Crippen molar-refractivity contribution >= 4 is 11.8 Å². The van der Waals surface area contributed by atoms with Gasteiger partial charge < -0.3 is 15.5 Å². The summed E-state index contributed by atoms with van der Waals surface area (Å²) in [5.74, 6) is -0.637. The maximum absolute atomic E-state index is 12.9. The summed E-state index contributed by atoms with van der Waals surface area (Å²) in [6.45, 7) is 3.26. The van der Waals surface area contributed by atoms with E-state index in [2.05, 4.69) is 0 Å². The van der Waals surface area contributed by atoms with E-state index in [4.69, 9.17) is 5.73 Å². The van der Waals surface area contributed by atoms with Crippen LogP contribution in [-0.2, 0) is 11.0 Å². The Kier molecular flexibility index (Phi) is 5.70. The fourth-order valence-electron chi connectivity index (χ4n) is 4.13. The molecule has 1 heterocycles. The van der Waals surface area contributed by atoms with Crippen LogP contribution in [0.1, 0.15) is 48.5 Å². The topological polar surface area (TPSA) is 66.6 Å². The Morgan fingerprint density at radius 3 is 2.36 bits per heavy atom. The molecule has 5 nitrogen and oxygen atoms in total. The van der Waals surface area contributed by atoms with Crippen LogP contribution in [0.3, 0.4) is 0 Å². The second kappa shape index (κ2) is 7.73. The van der Waals surface area contributed by atoms with Crippen LogP contribution < -0.4 is 5.73 Å². The molecule has 2 N–H and O–H groups in total. The van der Waals surface area contributed by atoms with Crippen LogP contribution in [0.15, 0.2) is 24.3 Å². The fourth-order valence-corrected chi connectivity index (χ4v) is 4.13. The molecule has 0 radical (unpaired) electrons. The van der Waals surface area contributed by atoms with Crippen LogP contribution in [0.4, 0.5) is 13.2 Å². The number of nitrogens with two attached hydrogens (primary N) is 1. The van der Waals surface area contributed by atoms with Gasteiger partial charge >= 0.3 is 6.18 Å². The molecular formula is C20H26F3N3O2. The highest BCUT2D eigenvalue weighted by Gasteiger charge is 2.40. The third kappa shape index (κ3) is 4.32. The van der Waals surface area contributed by atoms with E-state index in [0.29, 0.717) is 26.2 Å². The molecular weight excluding hydrogens is 371 g/mol. The average Bonchev–Trinajstić information content (AvgIpc) is 2.66. The van der Waals surface area contributed by atoms with E-state index in [1.807, 2.05) is 6.92 Å². The Hall–Kier alpha value is -2.09. The lowest BCUT2D eigenvalue weighted by molar-refractivity contribution is -0.140. The van der Waals surface area contributed by atoms with Crippen LogP contribution in [0, 0.1) is 5.92 Å². The van der Waals surface area contributed by atoms with Crippen molar-refractivity contribution in [2.75, 3.05) is 26.2 Å². The largest absolute Gasteiger partial charge is 0.416 e. The molecule has 1 saturated carbocycles. The molecule has 2 fully saturated rings. The second-order valence-electron chi connectivity index (χ2n) is 8.00. The highest BCUT2D eigenvalue weighted by molar-refractivity contribution is 5.94. The van der Waals surface area contributed by atoms with Crippen LogP contribution in [-0.4, -0.2) is 53.3 Å². The molecule has 1 saturated heterocycles. The van der Waals surface area contributed by atoms with Gasteiger partial charge in [0.25, 0.3) is 5.91 Å². The van der Waals surface area contributed by atoms with Crippen LogP contribution in [0.25, 0.3) is 0 Å². The molecule has 1 aliphatic heterocycles. The minimum absolute atomic E-state index is 0.0106. The van der Waals surface area contributed by atoms with Gasteiger partial charge in [0.05, 0.1) is 11.5 Å². The number of amides is 2. The third-order valence-electron chi connectivity index (χ3n) is 5.87. The summed E-state index contributed by atoms with van der Waals surface area (Å²) < 4.78 is 38.6. The number of carbonyl (C=O) groups excluding carboxylic acids is 2. The molecule has 2 aliphatic rings. The van der Waals surface area contributed by atoms with E-state index in [-0.39, 0.29) is 17.4 Å². The van der Waals surface area contributed by atoms with Crippen LogP contribution >= 0.6 is 0 Å². The Balaban J connectivity index is 1.62. The zero-order chi connectivity index (χ0) is 20.5. The smallest absolute Gasteiger partial charge is 0.339 e. The Labute approximate surface area is 162 Å². The number of benzene rings is 1. The van der Waals surface area contributed by atoms with E-state index >= 15 is 0 Å². The summed E-state index contributed by atoms with van der Waals surface area (Å²) in [6, 6.07) is 4.45. The van der Waals surface area contributed by atoms with Gasteiger partial charge in [0.2, 0.25) is 5.91 Å². The zero-order valence-electron chi connectivity index (χ0n) is 16.0. The predicted molar refractivity (Wildman–Crippen MR) is 98.5 cm³/mol. The van der Waals surface area contributed by atoms with Crippen LogP contribution in [0.2, 0.25) is 0 Å². The van der Waals surface area contributed by atoms with E-state index < -0.39 is 23.2 Å². The second-order valence-corrected chi connectivity index (χ2v) is 8.00. The van der Waals surface area contributed by atoms with Gasteiger partial charge in [-0.3, -0.25) is 9.59 Å². The number of nitrogens with zero attached hydrogens (tertiary/aromatic N) is 2. The molecule has 0 bridgehead atoms. The van der Waals surface area contributed by atoms with Gasteiger partial charge in [-0.05, 0) is 38.0 Å². The molecule has 0 spiro atoms. The van der Waals surface area contributed by atoms with E-state index in [0.717, 1.165) is 37.8 Å². The van der Waals surface area contributed by atoms with Gasteiger partial charge in [-0.25, -0.2) is 0 Å². The average molecular weight is 397 g/mol. The third-order valence-corrected chi connectivity index (χ3v) is 5.87. The van der Waals surface area contributed by atoms with E-state index in [9.17, 15) is 22.8 Å². The van der Waals surface area contributed by atoms with Gasteiger partial charge in [-0.15, -0.1) is 0 Å². The zero-order valence-corrected chi connectivity index (χ0v) is 16.0. The minimum atomic E-state index is -4.49. The number of alkyl halides is 3. The summed E-state index contributed by atoms with van der Waals surface area (Å²) in [5, 5.41) is 0. The Morgan fingerprint density at radius 2 is 1.75 bits per heavy atom. The van der Waals surface area contributed by atoms with E-state index in [1.54, 1.807) is 4.90 Å². The Morgan fingerprint density at radius 1 is 1.11 bits per heavy atom. The fraction of sp³-hybridized carbons (Fsp3) is 0.600. The quantitative estimate of drug-likeness (QED) is 0.835. The molecule has 2 amide bonds. The van der Waals surface area contributed by atoms with Crippen molar-refractivity contribution in [3.8, 4) is 0 Å². The summed E-state index contributed by atoms with van der Waals surface area (Å²) in [5.41, 5.74) is 4.98. The predicted octanol–water partition coefficient (Wildman–Crippen LogP) is 2.90. The molecule has 1 aromatic rings. The monoisotopic (exact) mass is 397 g/mol. The van der Waals surface area contributed by atoms with E-state index in [1.165, 1.54) is 17.0 Å². The number of rotatable bonds is 2. The van der Waals surface area contributed by atoms with Crippen molar-refractivity contribution in [2.24, 2.45) is 11.7 Å². The van der Waals surface area contributed by atoms with Gasteiger partial charge in [0.15, 0.2) is 0 Å². The van der Waals surface area contributed by atoms with Crippen molar-refractivity contribution in [1.82, 2.24) is 9.80 Å². The number of halogens is 3. The molecule has 3 rings (SSSR count). The summed E-state index contributed by atoms with van der Waals surface area (Å²) in [7, 11) is 0. The molecule has 28 heavy (non-hydrogen) atoms. The first-order valence-electron chi connectivity index (χ1n) is 9.64. The van der Waals surface area contributed by atoms with Crippen molar-refractivity contribution in [1.29, 1.82) is 0 Å². The molecule has 1 aromatic carbocycles. The van der Waals surface area contributed by atoms with Crippen molar-refractivity contribution < 1.29 is 22.8 Å². The van der Waals surface area contributed by atoms with Crippen LogP contribution in [0.5, 0.6) is 0 Å². The highest BCUT2D eigenvalue weighted by atomic mass is 19.4. The maximum Gasteiger partial charge on any atom is 0.416 e. The summed E-state index contributed by atoms with van der Waals surface area (Å²) in [4.78, 5) is 28.7. The summed E-state index contributed by atoms with van der Waals surface area (Å²) >= 11 is 0. The SMILES string of the molecule is CC1(N)CCCCC1C(=O)N1CCN(C(=O)c2cccc(C(F)(F)F)c2)CC1. The lowest BCUT2D eigenvalue weighted by Gasteiger charge is -2.42. The number of piperazine rings is 1. The molecule has 8 heteroatoms. The first-order chi connectivity index (χ1) is 13.1. The van der Waals surface area contributed by atoms with Gasteiger partial charge in [0, 0.05) is 37.3 Å². The van der Waals surface area contributed by atoms with Crippen molar-refractivity contribution in [3.63, 3.8) is 0 Å². The molecule has 1 aliphatic carbocycles. The molecule has 154 valence electrons. The van der Waals surface area contributed by atoms with Crippen molar-refractivity contribution in [3.05, 3.63) is 35.4 Å². The minimum Gasteiger partial charge on any atom is -0.339 e. The lowest BCUT2D eigenvalue weighted by Crippen LogP contribution is -2.57. The number of hydrogen-bond donors (Lipinski definition) is 1. The molecule has 2 atom stereocenters. The Bertz CT molecular complexity index is 740. The van der Waals surface area contributed by atoms with Gasteiger partial charge in [0.1, 0.15) is 0 Å². The number of carbonyl (C=O) groups is 2. The standard InChI is InChI=1S/C20H26F3N3O2/c1-19(24)8-3-2-7-16(19)18(28)26-11-9-25(10-12-26)17(27)14-5-4-6-15(13-14)20(21,22)23/h4-6,13,16H,2-3,7-12,24H2,1H3. The lowest BCUT2D eigenvalue weighted by atomic mass is 9.74. The van der Waals surface area contributed by atoms with Crippen molar-refractivity contribution in [2.45, 2.75) is 44.3 Å². The summed E-state index contributed by atoms with van der Waals surface area (Å²) in [6.07, 6.45) is -0.893. The molecule has 0 aromatic heterocycles. The van der Waals surface area contributed by atoms with Gasteiger partial charge in [-0.2, -0.15) is 13.2 Å². The maximum atomic E-state index is 12.9. The van der Waals surface area contributed by atoms with Gasteiger partial charge in [-0.1, -0.05) is 18.9 Å².